The number of carbonyl (C=O) groups is 1. The summed E-state index contributed by atoms with van der Waals surface area (Å²) >= 11 is 4.79. The molecule has 90 valence electrons. The molecule has 0 aromatic carbocycles. The van der Waals surface area contributed by atoms with Crippen LogP contribution >= 0.6 is 27.3 Å². The van der Waals surface area contributed by atoms with E-state index in [0.29, 0.717) is 10.8 Å². The van der Waals surface area contributed by atoms with Crippen molar-refractivity contribution >= 4 is 38.3 Å². The first kappa shape index (κ1) is 12.3. The normalized spacial score (nSPS) is 10.5. The maximum atomic E-state index is 11.8. The van der Waals surface area contributed by atoms with Gasteiger partial charge in [-0.05, 0) is 35.3 Å². The van der Waals surface area contributed by atoms with Gasteiger partial charge in [-0.3, -0.25) is 10.1 Å². The SMILES string of the molecule is CCc1nc(NC(=O)c2cc(Br)c[nH]2)sc1C. The second-order valence-electron chi connectivity index (χ2n) is 3.56. The minimum atomic E-state index is -0.174. The van der Waals surface area contributed by atoms with Gasteiger partial charge in [0, 0.05) is 15.5 Å². The lowest BCUT2D eigenvalue weighted by Crippen LogP contribution is -2.11. The fourth-order valence-electron chi connectivity index (χ4n) is 1.47. The van der Waals surface area contributed by atoms with Gasteiger partial charge in [0.1, 0.15) is 5.69 Å². The molecular formula is C11H12BrN3OS. The monoisotopic (exact) mass is 313 g/mol. The van der Waals surface area contributed by atoms with Crippen molar-refractivity contribution in [3.63, 3.8) is 0 Å². The average Bonchev–Trinajstić information content (AvgIpc) is 2.85. The van der Waals surface area contributed by atoms with Crippen LogP contribution in [0.4, 0.5) is 5.13 Å². The van der Waals surface area contributed by atoms with Crippen LogP contribution in [0.1, 0.15) is 28.0 Å². The largest absolute Gasteiger partial charge is 0.356 e. The Morgan fingerprint density at radius 1 is 1.65 bits per heavy atom. The fourth-order valence-corrected chi connectivity index (χ4v) is 2.71. The third kappa shape index (κ3) is 2.76. The zero-order valence-corrected chi connectivity index (χ0v) is 11.9. The summed E-state index contributed by atoms with van der Waals surface area (Å²) in [6, 6.07) is 1.73. The number of aromatic nitrogens is 2. The predicted molar refractivity (Wildman–Crippen MR) is 72.7 cm³/mol. The van der Waals surface area contributed by atoms with Crippen LogP contribution in [0.2, 0.25) is 0 Å². The van der Waals surface area contributed by atoms with Gasteiger partial charge in [-0.1, -0.05) is 6.92 Å². The summed E-state index contributed by atoms with van der Waals surface area (Å²) in [4.78, 5) is 20.2. The van der Waals surface area contributed by atoms with E-state index in [2.05, 4.69) is 38.1 Å². The average molecular weight is 314 g/mol. The third-order valence-corrected chi connectivity index (χ3v) is 3.73. The Morgan fingerprint density at radius 2 is 2.41 bits per heavy atom. The molecule has 0 atom stereocenters. The highest BCUT2D eigenvalue weighted by Gasteiger charge is 2.12. The first-order valence-corrected chi connectivity index (χ1v) is 6.82. The topological polar surface area (TPSA) is 57.8 Å². The molecule has 0 spiro atoms. The Morgan fingerprint density at radius 3 is 2.94 bits per heavy atom. The molecule has 2 N–H and O–H groups in total. The molecule has 0 saturated heterocycles. The number of H-pyrrole nitrogens is 1. The molecule has 0 fully saturated rings. The van der Waals surface area contributed by atoms with Crippen LogP contribution in [0, 0.1) is 6.92 Å². The van der Waals surface area contributed by atoms with Crippen LogP contribution in [-0.2, 0) is 6.42 Å². The Bertz CT molecular complexity index is 547. The molecule has 0 aliphatic heterocycles. The highest BCUT2D eigenvalue weighted by atomic mass is 79.9. The Hall–Kier alpha value is -1.14. The second-order valence-corrected chi connectivity index (χ2v) is 5.68. The molecule has 0 bridgehead atoms. The third-order valence-electron chi connectivity index (χ3n) is 2.34. The van der Waals surface area contributed by atoms with E-state index in [9.17, 15) is 4.79 Å². The Labute approximate surface area is 112 Å². The van der Waals surface area contributed by atoms with Crippen molar-refractivity contribution in [3.8, 4) is 0 Å². The van der Waals surface area contributed by atoms with Gasteiger partial charge in [0.15, 0.2) is 5.13 Å². The summed E-state index contributed by atoms with van der Waals surface area (Å²) in [5.74, 6) is -0.174. The molecule has 2 aromatic rings. The number of aromatic amines is 1. The molecule has 2 rings (SSSR count). The molecule has 0 aliphatic rings. The van der Waals surface area contributed by atoms with E-state index in [1.165, 1.54) is 11.3 Å². The summed E-state index contributed by atoms with van der Waals surface area (Å²) in [6.07, 6.45) is 2.60. The zero-order chi connectivity index (χ0) is 12.4. The molecular weight excluding hydrogens is 302 g/mol. The molecule has 0 unspecified atom stereocenters. The van der Waals surface area contributed by atoms with E-state index in [0.717, 1.165) is 21.5 Å². The van der Waals surface area contributed by atoms with Gasteiger partial charge in [0.25, 0.3) is 5.91 Å². The van der Waals surface area contributed by atoms with Gasteiger partial charge in [0.05, 0.1) is 5.69 Å². The molecule has 6 heteroatoms. The van der Waals surface area contributed by atoms with E-state index in [-0.39, 0.29) is 5.91 Å². The van der Waals surface area contributed by atoms with Crippen LogP contribution in [0.3, 0.4) is 0 Å². The van der Waals surface area contributed by atoms with Gasteiger partial charge in [-0.25, -0.2) is 4.98 Å². The highest BCUT2D eigenvalue weighted by Crippen LogP contribution is 2.23. The zero-order valence-electron chi connectivity index (χ0n) is 9.50. The molecule has 2 heterocycles. The summed E-state index contributed by atoms with van der Waals surface area (Å²) in [7, 11) is 0. The van der Waals surface area contributed by atoms with Crippen LogP contribution in [0.15, 0.2) is 16.7 Å². The lowest BCUT2D eigenvalue weighted by atomic mass is 10.3. The van der Waals surface area contributed by atoms with E-state index < -0.39 is 0 Å². The standard InChI is InChI=1S/C11H12BrN3OS/c1-3-8-6(2)17-11(14-8)15-10(16)9-4-7(12)5-13-9/h4-5,13H,3H2,1-2H3,(H,14,15,16). The van der Waals surface area contributed by atoms with Crippen LogP contribution < -0.4 is 5.32 Å². The van der Waals surface area contributed by atoms with Crippen molar-refractivity contribution in [2.45, 2.75) is 20.3 Å². The van der Waals surface area contributed by atoms with Gasteiger partial charge in [-0.2, -0.15) is 0 Å². The maximum Gasteiger partial charge on any atom is 0.273 e. The Balaban J connectivity index is 2.12. The first-order valence-electron chi connectivity index (χ1n) is 5.21. The number of rotatable bonds is 3. The van der Waals surface area contributed by atoms with Gasteiger partial charge < -0.3 is 4.98 Å². The van der Waals surface area contributed by atoms with Gasteiger partial charge in [0.2, 0.25) is 0 Å². The van der Waals surface area contributed by atoms with Crippen LogP contribution in [-0.4, -0.2) is 15.9 Å². The number of hydrogen-bond donors (Lipinski definition) is 2. The summed E-state index contributed by atoms with van der Waals surface area (Å²) in [5, 5.41) is 3.43. The summed E-state index contributed by atoms with van der Waals surface area (Å²) in [6.45, 7) is 4.06. The molecule has 0 radical (unpaired) electrons. The number of thiazole rings is 1. The summed E-state index contributed by atoms with van der Waals surface area (Å²) in [5.41, 5.74) is 1.56. The van der Waals surface area contributed by atoms with Gasteiger partial charge in [-0.15, -0.1) is 11.3 Å². The number of nitrogens with one attached hydrogen (secondary N) is 2. The molecule has 4 nitrogen and oxygen atoms in total. The second kappa shape index (κ2) is 5.01. The quantitative estimate of drug-likeness (QED) is 0.913. The number of carbonyl (C=O) groups excluding carboxylic acids is 1. The van der Waals surface area contributed by atoms with Crippen molar-refractivity contribution in [1.29, 1.82) is 0 Å². The van der Waals surface area contributed by atoms with E-state index in [1.807, 2.05) is 6.92 Å². The van der Waals surface area contributed by atoms with Crippen molar-refractivity contribution < 1.29 is 4.79 Å². The lowest BCUT2D eigenvalue weighted by molar-refractivity contribution is 0.102. The van der Waals surface area contributed by atoms with Crippen molar-refractivity contribution in [1.82, 2.24) is 9.97 Å². The first-order chi connectivity index (χ1) is 8.10. The van der Waals surface area contributed by atoms with E-state index in [4.69, 9.17) is 0 Å². The predicted octanol–water partition coefficient (Wildman–Crippen LogP) is 3.36. The minimum absolute atomic E-state index is 0.174. The van der Waals surface area contributed by atoms with Gasteiger partial charge >= 0.3 is 0 Å². The number of anilines is 1. The summed E-state index contributed by atoms with van der Waals surface area (Å²) < 4.78 is 0.854. The van der Waals surface area contributed by atoms with E-state index in [1.54, 1.807) is 12.3 Å². The molecule has 17 heavy (non-hydrogen) atoms. The molecule has 2 aromatic heterocycles. The minimum Gasteiger partial charge on any atom is -0.356 e. The number of amides is 1. The van der Waals surface area contributed by atoms with E-state index >= 15 is 0 Å². The fraction of sp³-hybridized carbons (Fsp3) is 0.273. The highest BCUT2D eigenvalue weighted by molar-refractivity contribution is 9.10. The van der Waals surface area contributed by atoms with Crippen molar-refractivity contribution in [3.05, 3.63) is 33.0 Å². The molecule has 0 saturated carbocycles. The number of halogens is 1. The lowest BCUT2D eigenvalue weighted by Gasteiger charge is -1.97. The number of aryl methyl sites for hydroxylation is 2. The maximum absolute atomic E-state index is 11.8. The van der Waals surface area contributed by atoms with Crippen LogP contribution in [0.25, 0.3) is 0 Å². The smallest absolute Gasteiger partial charge is 0.273 e. The number of hydrogen-bond acceptors (Lipinski definition) is 3. The molecule has 0 aliphatic carbocycles. The molecule has 1 amide bonds. The van der Waals surface area contributed by atoms with Crippen molar-refractivity contribution in [2.24, 2.45) is 0 Å². The number of nitrogens with zero attached hydrogens (tertiary/aromatic N) is 1. The van der Waals surface area contributed by atoms with Crippen LogP contribution in [0.5, 0.6) is 0 Å². The van der Waals surface area contributed by atoms with Crippen molar-refractivity contribution in [2.75, 3.05) is 5.32 Å². The Kier molecular flexibility index (Phi) is 3.63.